The first-order chi connectivity index (χ1) is 14.5. The summed E-state index contributed by atoms with van der Waals surface area (Å²) in [5.41, 5.74) is 3.13. The van der Waals surface area contributed by atoms with Crippen molar-refractivity contribution in [3.05, 3.63) is 82.7 Å². The Morgan fingerprint density at radius 2 is 1.87 bits per heavy atom. The van der Waals surface area contributed by atoms with Crippen molar-refractivity contribution in [2.45, 2.75) is 38.2 Å². The molecule has 3 aromatic rings. The van der Waals surface area contributed by atoms with Gasteiger partial charge in [0.25, 0.3) is 5.91 Å². The average molecular weight is 411 g/mol. The second kappa shape index (κ2) is 8.75. The first-order valence-corrected chi connectivity index (χ1v) is 10.1. The number of carbonyl (C=O) groups is 1. The van der Waals surface area contributed by atoms with Crippen LogP contribution in [0.1, 0.15) is 52.7 Å². The monoisotopic (exact) mass is 411 g/mol. The summed E-state index contributed by atoms with van der Waals surface area (Å²) < 4.78 is 28.8. The molecule has 1 aromatic heterocycles. The Labute approximate surface area is 173 Å². The zero-order valence-electron chi connectivity index (χ0n) is 16.4. The first-order valence-electron chi connectivity index (χ1n) is 10.1. The van der Waals surface area contributed by atoms with Gasteiger partial charge in [0.1, 0.15) is 11.6 Å². The lowest BCUT2D eigenvalue weighted by Gasteiger charge is -2.13. The Bertz CT molecular complexity index is 1050. The van der Waals surface area contributed by atoms with Gasteiger partial charge in [-0.05, 0) is 43.9 Å². The number of hydrogen-bond donors (Lipinski definition) is 2. The molecular formula is C23H23F2N3O2. The Morgan fingerprint density at radius 1 is 1.10 bits per heavy atom. The normalized spacial score (nSPS) is 14.6. The summed E-state index contributed by atoms with van der Waals surface area (Å²) in [4.78, 5) is 12.9. The number of nitrogens with one attached hydrogen (secondary N) is 1. The number of aliphatic hydroxyl groups is 1. The number of carbonyl (C=O) groups excluding carboxylic acids is 1. The molecule has 1 unspecified atom stereocenters. The number of amides is 1. The maximum absolute atomic E-state index is 13.9. The number of aliphatic hydroxyl groups excluding tert-OH is 1. The number of halogens is 2. The zero-order chi connectivity index (χ0) is 21.1. The van der Waals surface area contributed by atoms with E-state index in [9.17, 15) is 18.7 Å². The summed E-state index contributed by atoms with van der Waals surface area (Å²) in [7, 11) is 0. The van der Waals surface area contributed by atoms with Gasteiger partial charge in [-0.1, -0.05) is 30.7 Å². The van der Waals surface area contributed by atoms with Crippen molar-refractivity contribution in [1.82, 2.24) is 15.1 Å². The lowest BCUT2D eigenvalue weighted by Crippen LogP contribution is -2.29. The highest BCUT2D eigenvalue weighted by molar-refractivity contribution is 5.94. The fraction of sp³-hybridized carbons (Fsp3) is 0.304. The third-order valence-corrected chi connectivity index (χ3v) is 5.42. The summed E-state index contributed by atoms with van der Waals surface area (Å²) in [6, 6.07) is 12.6. The molecule has 0 spiro atoms. The van der Waals surface area contributed by atoms with Crippen LogP contribution in [0.25, 0.3) is 5.69 Å². The molecule has 0 fully saturated rings. The standard InChI is InChI=1S/C23H23F2N3O2/c24-15-11-12-17(19(25)13-15)21(29)14-26-23(30)22-18-9-5-2-6-10-20(18)28(27-22)16-7-3-1-4-8-16/h1,3-4,7-8,11-13,21,29H,2,5-6,9-10,14H2,(H,26,30). The fourth-order valence-corrected chi connectivity index (χ4v) is 3.90. The third kappa shape index (κ3) is 4.11. The Hall–Kier alpha value is -3.06. The fourth-order valence-electron chi connectivity index (χ4n) is 3.90. The van der Waals surface area contributed by atoms with Crippen LogP contribution in [0.3, 0.4) is 0 Å². The molecule has 0 aliphatic heterocycles. The van der Waals surface area contributed by atoms with Gasteiger partial charge in [-0.2, -0.15) is 5.10 Å². The van der Waals surface area contributed by atoms with Gasteiger partial charge in [0.2, 0.25) is 0 Å². The summed E-state index contributed by atoms with van der Waals surface area (Å²) in [5.74, 6) is -1.98. The number of nitrogens with zero attached hydrogens (tertiary/aromatic N) is 2. The van der Waals surface area contributed by atoms with Gasteiger partial charge < -0.3 is 10.4 Å². The van der Waals surface area contributed by atoms with Crippen molar-refractivity contribution in [3.8, 4) is 5.69 Å². The molecule has 2 aromatic carbocycles. The van der Waals surface area contributed by atoms with E-state index in [1.54, 1.807) is 0 Å². The number of para-hydroxylation sites is 1. The Morgan fingerprint density at radius 3 is 2.63 bits per heavy atom. The summed E-state index contributed by atoms with van der Waals surface area (Å²) in [5, 5.41) is 17.5. The van der Waals surface area contributed by atoms with Crippen LogP contribution in [-0.2, 0) is 12.8 Å². The second-order valence-corrected chi connectivity index (χ2v) is 7.47. The molecule has 1 amide bonds. The van der Waals surface area contributed by atoms with Gasteiger partial charge in [-0.3, -0.25) is 4.79 Å². The van der Waals surface area contributed by atoms with Crippen LogP contribution in [0, 0.1) is 11.6 Å². The van der Waals surface area contributed by atoms with Crippen molar-refractivity contribution < 1.29 is 18.7 Å². The number of aromatic nitrogens is 2. The lowest BCUT2D eigenvalue weighted by molar-refractivity contribution is 0.0907. The van der Waals surface area contributed by atoms with Crippen LogP contribution in [-0.4, -0.2) is 27.3 Å². The molecule has 0 saturated heterocycles. The highest BCUT2D eigenvalue weighted by Crippen LogP contribution is 2.26. The van der Waals surface area contributed by atoms with E-state index >= 15 is 0 Å². The molecule has 0 radical (unpaired) electrons. The molecule has 5 nitrogen and oxygen atoms in total. The minimum absolute atomic E-state index is 0.0645. The van der Waals surface area contributed by atoms with E-state index in [4.69, 9.17) is 0 Å². The Kier molecular flexibility index (Phi) is 5.90. The molecule has 1 aliphatic carbocycles. The van der Waals surface area contributed by atoms with Gasteiger partial charge >= 0.3 is 0 Å². The van der Waals surface area contributed by atoms with Crippen molar-refractivity contribution in [2.24, 2.45) is 0 Å². The number of fused-ring (bicyclic) bond motifs is 1. The SMILES string of the molecule is O=C(NCC(O)c1ccc(F)cc1F)c1nn(-c2ccccc2)c2c1CCCCC2. The molecule has 7 heteroatoms. The minimum Gasteiger partial charge on any atom is -0.386 e. The summed E-state index contributed by atoms with van der Waals surface area (Å²) in [6.07, 6.45) is 3.43. The predicted octanol–water partition coefficient (Wildman–Crippen LogP) is 3.88. The molecule has 0 bridgehead atoms. The van der Waals surface area contributed by atoms with E-state index < -0.39 is 23.6 Å². The van der Waals surface area contributed by atoms with Crippen molar-refractivity contribution in [2.75, 3.05) is 6.54 Å². The first kappa shape index (κ1) is 20.2. The maximum Gasteiger partial charge on any atom is 0.272 e. The molecule has 4 rings (SSSR count). The van der Waals surface area contributed by atoms with Gasteiger partial charge in [0, 0.05) is 29.4 Å². The summed E-state index contributed by atoms with van der Waals surface area (Å²) in [6.45, 7) is -0.200. The molecule has 0 saturated carbocycles. The van der Waals surface area contributed by atoms with E-state index in [1.807, 2.05) is 35.0 Å². The number of rotatable bonds is 5. The van der Waals surface area contributed by atoms with Crippen LogP contribution in [0.15, 0.2) is 48.5 Å². The molecule has 30 heavy (non-hydrogen) atoms. The van der Waals surface area contributed by atoms with E-state index in [-0.39, 0.29) is 12.1 Å². The van der Waals surface area contributed by atoms with Crippen LogP contribution in [0.4, 0.5) is 8.78 Å². The van der Waals surface area contributed by atoms with Crippen LogP contribution in [0.5, 0.6) is 0 Å². The van der Waals surface area contributed by atoms with Crippen molar-refractivity contribution in [3.63, 3.8) is 0 Å². The maximum atomic E-state index is 13.9. The van der Waals surface area contributed by atoms with Crippen LogP contribution in [0.2, 0.25) is 0 Å². The smallest absolute Gasteiger partial charge is 0.272 e. The molecule has 1 atom stereocenters. The average Bonchev–Trinajstić information content (AvgIpc) is 2.93. The third-order valence-electron chi connectivity index (χ3n) is 5.42. The van der Waals surface area contributed by atoms with Crippen LogP contribution >= 0.6 is 0 Å². The van der Waals surface area contributed by atoms with Crippen molar-refractivity contribution in [1.29, 1.82) is 0 Å². The van der Waals surface area contributed by atoms with E-state index in [0.29, 0.717) is 11.8 Å². The molecule has 156 valence electrons. The van der Waals surface area contributed by atoms with E-state index in [0.717, 1.165) is 55.1 Å². The molecule has 2 N–H and O–H groups in total. The largest absolute Gasteiger partial charge is 0.386 e. The molecule has 1 heterocycles. The topological polar surface area (TPSA) is 67.2 Å². The van der Waals surface area contributed by atoms with Gasteiger partial charge in [0.15, 0.2) is 5.69 Å². The minimum atomic E-state index is -1.29. The van der Waals surface area contributed by atoms with Gasteiger partial charge in [-0.15, -0.1) is 0 Å². The zero-order valence-corrected chi connectivity index (χ0v) is 16.4. The highest BCUT2D eigenvalue weighted by atomic mass is 19.1. The lowest BCUT2D eigenvalue weighted by atomic mass is 10.1. The molecular weight excluding hydrogens is 388 g/mol. The van der Waals surface area contributed by atoms with E-state index in [2.05, 4.69) is 10.4 Å². The quantitative estimate of drug-likeness (QED) is 0.626. The highest BCUT2D eigenvalue weighted by Gasteiger charge is 2.25. The van der Waals surface area contributed by atoms with E-state index in [1.165, 1.54) is 6.07 Å². The number of hydrogen-bond acceptors (Lipinski definition) is 3. The van der Waals surface area contributed by atoms with Gasteiger partial charge in [-0.25, -0.2) is 13.5 Å². The summed E-state index contributed by atoms with van der Waals surface area (Å²) >= 11 is 0. The number of benzene rings is 2. The second-order valence-electron chi connectivity index (χ2n) is 7.47. The van der Waals surface area contributed by atoms with Crippen molar-refractivity contribution >= 4 is 5.91 Å². The molecule has 1 aliphatic rings. The van der Waals surface area contributed by atoms with Gasteiger partial charge in [0.05, 0.1) is 11.8 Å². The van der Waals surface area contributed by atoms with Crippen LogP contribution < -0.4 is 5.32 Å². The Balaban J connectivity index is 1.57. The predicted molar refractivity (Wildman–Crippen MR) is 108 cm³/mol.